The van der Waals surface area contributed by atoms with Crippen molar-refractivity contribution in [1.29, 1.82) is 0 Å². The van der Waals surface area contributed by atoms with Crippen molar-refractivity contribution in [1.82, 2.24) is 34.1 Å². The quantitative estimate of drug-likeness (QED) is 0.398. The summed E-state index contributed by atoms with van der Waals surface area (Å²) in [6.07, 6.45) is -0.131. The summed E-state index contributed by atoms with van der Waals surface area (Å²) in [4.78, 5) is 40.6. The van der Waals surface area contributed by atoms with Gasteiger partial charge in [-0.3, -0.25) is 4.57 Å². The molecule has 0 amide bonds. The van der Waals surface area contributed by atoms with Crippen molar-refractivity contribution in [3.8, 4) is 5.82 Å². The highest BCUT2D eigenvalue weighted by atomic mass is 19.3. The Morgan fingerprint density at radius 1 is 1.08 bits per heavy atom. The van der Waals surface area contributed by atoms with Gasteiger partial charge in [-0.1, -0.05) is 12.1 Å². The third-order valence-corrected chi connectivity index (χ3v) is 6.86. The number of nitrogens with zero attached hydrogens (tertiary/aromatic N) is 8. The highest BCUT2D eigenvalue weighted by Gasteiger charge is 2.29. The summed E-state index contributed by atoms with van der Waals surface area (Å²) >= 11 is 0. The molecule has 2 aliphatic rings. The van der Waals surface area contributed by atoms with Crippen LogP contribution in [0.3, 0.4) is 0 Å². The van der Waals surface area contributed by atoms with Crippen LogP contribution in [0.4, 0.5) is 14.7 Å². The standard InChI is InChI=1S/C24H26F2N8O3/c1-31-8-6-15(7-9-31)23(35)37-33-14-27-18-20(33)29-24(32-10-12-36-13-11-32)30-21(18)34-17-5-3-2-4-16(17)28-22(34)19(25)26/h2-5,14-15,19H,6-13H2,1H3. The molecule has 6 rings (SSSR count). The van der Waals surface area contributed by atoms with E-state index in [1.165, 1.54) is 15.6 Å². The number of ether oxygens (including phenoxy) is 1. The van der Waals surface area contributed by atoms with E-state index in [0.717, 1.165) is 13.1 Å². The smallest absolute Gasteiger partial charge is 0.336 e. The van der Waals surface area contributed by atoms with Gasteiger partial charge in [0, 0.05) is 13.1 Å². The largest absolute Gasteiger partial charge is 0.378 e. The SMILES string of the molecule is CN1CCC(C(=O)On2cnc3c(-n4c(C(F)F)nc5ccccc54)nc(N4CCOCC4)nc32)CC1. The molecule has 37 heavy (non-hydrogen) atoms. The van der Waals surface area contributed by atoms with Gasteiger partial charge in [-0.15, -0.1) is 4.73 Å². The summed E-state index contributed by atoms with van der Waals surface area (Å²) in [5.74, 6) is -0.615. The Labute approximate surface area is 210 Å². The predicted octanol–water partition coefficient (Wildman–Crippen LogP) is 2.24. The Hall–Kier alpha value is -3.71. The first-order chi connectivity index (χ1) is 18.0. The molecule has 11 nitrogen and oxygen atoms in total. The van der Waals surface area contributed by atoms with Crippen molar-refractivity contribution < 1.29 is 23.1 Å². The minimum atomic E-state index is -2.85. The molecule has 0 spiro atoms. The van der Waals surface area contributed by atoms with Crippen molar-refractivity contribution in [3.05, 3.63) is 36.4 Å². The van der Waals surface area contributed by atoms with Gasteiger partial charge in [-0.2, -0.15) is 9.97 Å². The predicted molar refractivity (Wildman–Crippen MR) is 130 cm³/mol. The number of aromatic nitrogens is 6. The number of alkyl halides is 2. The van der Waals surface area contributed by atoms with Gasteiger partial charge in [0.1, 0.15) is 6.33 Å². The summed E-state index contributed by atoms with van der Waals surface area (Å²) in [7, 11) is 2.02. The fourth-order valence-electron chi connectivity index (χ4n) is 4.81. The van der Waals surface area contributed by atoms with Crippen molar-refractivity contribution in [2.24, 2.45) is 5.92 Å². The zero-order chi connectivity index (χ0) is 25.5. The molecule has 0 bridgehead atoms. The fraction of sp³-hybridized carbons (Fsp3) is 0.458. The maximum Gasteiger partial charge on any atom is 0.336 e. The molecule has 13 heteroatoms. The lowest BCUT2D eigenvalue weighted by Gasteiger charge is -2.27. The summed E-state index contributed by atoms with van der Waals surface area (Å²) in [5.41, 5.74) is 1.30. The van der Waals surface area contributed by atoms with Gasteiger partial charge >= 0.3 is 5.97 Å². The normalized spacial score (nSPS) is 17.8. The maximum absolute atomic E-state index is 14.2. The van der Waals surface area contributed by atoms with Gasteiger partial charge in [0.2, 0.25) is 11.6 Å². The summed E-state index contributed by atoms with van der Waals surface area (Å²) in [6.45, 7) is 3.64. The summed E-state index contributed by atoms with van der Waals surface area (Å²) in [6, 6.07) is 6.86. The molecule has 0 atom stereocenters. The highest BCUT2D eigenvalue weighted by molar-refractivity contribution is 5.86. The molecule has 5 heterocycles. The number of imidazole rings is 2. The Kier molecular flexibility index (Phi) is 6.16. The molecule has 3 aromatic heterocycles. The number of rotatable bonds is 5. The van der Waals surface area contributed by atoms with E-state index in [1.54, 1.807) is 24.3 Å². The second-order valence-electron chi connectivity index (χ2n) is 9.27. The number of benzene rings is 1. The number of piperidine rings is 1. The lowest BCUT2D eigenvalue weighted by molar-refractivity contribution is -0.150. The highest BCUT2D eigenvalue weighted by Crippen LogP contribution is 2.31. The molecule has 0 N–H and O–H groups in total. The first-order valence-electron chi connectivity index (χ1n) is 12.2. The number of morpholine rings is 1. The van der Waals surface area contributed by atoms with Crippen molar-refractivity contribution in [2.75, 3.05) is 51.3 Å². The number of carbonyl (C=O) groups excluding carboxylic acids is 1. The average Bonchev–Trinajstić information content (AvgIpc) is 3.51. The van der Waals surface area contributed by atoms with Crippen LogP contribution in [0.2, 0.25) is 0 Å². The third kappa shape index (κ3) is 4.37. The zero-order valence-corrected chi connectivity index (χ0v) is 20.3. The fourth-order valence-corrected chi connectivity index (χ4v) is 4.81. The number of likely N-dealkylation sites (tertiary alicyclic amines) is 1. The molecular weight excluding hydrogens is 486 g/mol. The molecule has 0 unspecified atom stereocenters. The second-order valence-corrected chi connectivity index (χ2v) is 9.27. The minimum Gasteiger partial charge on any atom is -0.378 e. The number of anilines is 1. The van der Waals surface area contributed by atoms with Crippen LogP contribution in [0.25, 0.3) is 28.0 Å². The molecule has 2 saturated heterocycles. The second kappa shape index (κ2) is 9.63. The van der Waals surface area contributed by atoms with Crippen LogP contribution in [0.15, 0.2) is 30.6 Å². The molecule has 4 aromatic rings. The zero-order valence-electron chi connectivity index (χ0n) is 20.3. The van der Waals surface area contributed by atoms with Gasteiger partial charge in [0.05, 0.1) is 30.2 Å². The number of carbonyl (C=O) groups is 1. The lowest BCUT2D eigenvalue weighted by atomic mass is 9.98. The molecule has 0 saturated carbocycles. The van der Waals surface area contributed by atoms with E-state index in [4.69, 9.17) is 9.57 Å². The summed E-state index contributed by atoms with van der Waals surface area (Å²) < 4.78 is 36.3. The van der Waals surface area contributed by atoms with E-state index in [9.17, 15) is 13.6 Å². The first kappa shape index (κ1) is 23.7. The van der Waals surface area contributed by atoms with Crippen LogP contribution in [-0.2, 0) is 9.53 Å². The lowest BCUT2D eigenvalue weighted by Crippen LogP contribution is -2.38. The molecular formula is C24H26F2N8O3. The molecule has 1 aromatic carbocycles. The Morgan fingerprint density at radius 2 is 1.84 bits per heavy atom. The molecule has 0 aliphatic carbocycles. The van der Waals surface area contributed by atoms with Crippen LogP contribution >= 0.6 is 0 Å². The Morgan fingerprint density at radius 3 is 2.59 bits per heavy atom. The van der Waals surface area contributed by atoms with Gasteiger partial charge in [0.25, 0.3) is 6.43 Å². The maximum atomic E-state index is 14.2. The van der Waals surface area contributed by atoms with Crippen molar-refractivity contribution in [2.45, 2.75) is 19.3 Å². The van der Waals surface area contributed by atoms with Crippen LogP contribution in [0.5, 0.6) is 0 Å². The molecule has 2 fully saturated rings. The van der Waals surface area contributed by atoms with E-state index in [2.05, 4.69) is 24.8 Å². The van der Waals surface area contributed by atoms with Crippen molar-refractivity contribution in [3.63, 3.8) is 0 Å². The van der Waals surface area contributed by atoms with Gasteiger partial charge < -0.3 is 19.4 Å². The topological polar surface area (TPSA) is 103 Å². The van der Waals surface area contributed by atoms with E-state index in [-0.39, 0.29) is 28.9 Å². The third-order valence-electron chi connectivity index (χ3n) is 6.86. The van der Waals surface area contributed by atoms with Gasteiger partial charge in [-0.25, -0.2) is 23.5 Å². The van der Waals surface area contributed by atoms with Crippen LogP contribution in [-0.4, -0.2) is 86.5 Å². The molecule has 194 valence electrons. The Bertz CT molecular complexity index is 1440. The first-order valence-corrected chi connectivity index (χ1v) is 12.2. The Balaban J connectivity index is 1.48. The van der Waals surface area contributed by atoms with Gasteiger partial charge in [-0.05, 0) is 45.1 Å². The van der Waals surface area contributed by atoms with Crippen LogP contribution in [0.1, 0.15) is 25.1 Å². The van der Waals surface area contributed by atoms with E-state index >= 15 is 0 Å². The number of hydrogen-bond acceptors (Lipinski definition) is 9. The monoisotopic (exact) mass is 512 g/mol. The van der Waals surface area contributed by atoms with E-state index < -0.39 is 12.2 Å². The number of hydrogen-bond donors (Lipinski definition) is 0. The van der Waals surface area contributed by atoms with Crippen molar-refractivity contribution >= 4 is 34.1 Å². The number of para-hydroxylation sites is 2. The average molecular weight is 513 g/mol. The van der Waals surface area contributed by atoms with Crippen LogP contribution < -0.4 is 9.74 Å². The molecule has 0 radical (unpaired) electrons. The number of fused-ring (bicyclic) bond motifs is 2. The minimum absolute atomic E-state index is 0.143. The summed E-state index contributed by atoms with van der Waals surface area (Å²) in [5, 5.41) is 0. The van der Waals surface area contributed by atoms with Crippen LogP contribution in [0, 0.1) is 5.92 Å². The molecule has 2 aliphatic heterocycles. The van der Waals surface area contributed by atoms with E-state index in [1.807, 2.05) is 11.9 Å². The van der Waals surface area contributed by atoms with E-state index in [0.29, 0.717) is 56.1 Å². The number of halogens is 2. The van der Waals surface area contributed by atoms with Gasteiger partial charge in [0.15, 0.2) is 17.2 Å².